The number of rotatable bonds is 3. The lowest BCUT2D eigenvalue weighted by molar-refractivity contribution is -0.141. The molecule has 0 fully saturated rings. The van der Waals surface area contributed by atoms with E-state index in [1.807, 2.05) is 24.3 Å². The van der Waals surface area contributed by atoms with E-state index >= 15 is 0 Å². The van der Waals surface area contributed by atoms with Gasteiger partial charge in [0.1, 0.15) is 6.54 Å². The standard InChI is InChI=1S/C12H10BrClN2O2/c1-18-11(17)7-16-6-10(12(14)15-16)8-2-4-9(13)5-3-8/h2-6H,7H2,1H3. The zero-order chi connectivity index (χ0) is 13.1. The molecular weight excluding hydrogens is 320 g/mol. The number of carbonyl (C=O) groups excluding carboxylic acids is 1. The van der Waals surface area contributed by atoms with Gasteiger partial charge in [-0.15, -0.1) is 0 Å². The minimum Gasteiger partial charge on any atom is -0.468 e. The Bertz CT molecular complexity index is 566. The van der Waals surface area contributed by atoms with Crippen LogP contribution in [0.25, 0.3) is 11.1 Å². The summed E-state index contributed by atoms with van der Waals surface area (Å²) in [6.07, 6.45) is 1.72. The third-order valence-corrected chi connectivity index (χ3v) is 3.20. The van der Waals surface area contributed by atoms with E-state index in [0.29, 0.717) is 5.15 Å². The van der Waals surface area contributed by atoms with Crippen LogP contribution in [0.2, 0.25) is 5.15 Å². The van der Waals surface area contributed by atoms with Crippen molar-refractivity contribution in [3.8, 4) is 11.1 Å². The van der Waals surface area contributed by atoms with Crippen LogP contribution in [0.15, 0.2) is 34.9 Å². The minimum absolute atomic E-state index is 0.0484. The number of hydrogen-bond donors (Lipinski definition) is 0. The molecule has 4 nitrogen and oxygen atoms in total. The van der Waals surface area contributed by atoms with Gasteiger partial charge in [-0.3, -0.25) is 9.48 Å². The molecule has 2 rings (SSSR count). The van der Waals surface area contributed by atoms with Crippen molar-refractivity contribution >= 4 is 33.5 Å². The number of methoxy groups -OCH3 is 1. The van der Waals surface area contributed by atoms with E-state index in [1.54, 1.807) is 6.20 Å². The minimum atomic E-state index is -0.364. The molecule has 0 bridgehead atoms. The number of halogens is 2. The first-order valence-electron chi connectivity index (χ1n) is 5.16. The summed E-state index contributed by atoms with van der Waals surface area (Å²) in [4.78, 5) is 11.2. The normalized spacial score (nSPS) is 10.4. The molecule has 0 N–H and O–H groups in total. The van der Waals surface area contributed by atoms with E-state index < -0.39 is 0 Å². The van der Waals surface area contributed by atoms with Crippen molar-refractivity contribution in [1.82, 2.24) is 9.78 Å². The van der Waals surface area contributed by atoms with E-state index in [4.69, 9.17) is 11.6 Å². The van der Waals surface area contributed by atoms with Gasteiger partial charge in [0.25, 0.3) is 0 Å². The second kappa shape index (κ2) is 5.54. The van der Waals surface area contributed by atoms with Crippen LogP contribution in [0.4, 0.5) is 0 Å². The number of nitrogens with zero attached hydrogens (tertiary/aromatic N) is 2. The van der Waals surface area contributed by atoms with Crippen molar-refractivity contribution in [3.05, 3.63) is 40.1 Å². The molecule has 0 radical (unpaired) electrons. The topological polar surface area (TPSA) is 44.1 Å². The smallest absolute Gasteiger partial charge is 0.327 e. The summed E-state index contributed by atoms with van der Waals surface area (Å²) in [5, 5.41) is 4.43. The molecule has 1 aromatic heterocycles. The van der Waals surface area contributed by atoms with Gasteiger partial charge in [-0.25, -0.2) is 0 Å². The molecule has 0 spiro atoms. The van der Waals surface area contributed by atoms with Crippen molar-refractivity contribution in [2.45, 2.75) is 6.54 Å². The quantitative estimate of drug-likeness (QED) is 0.813. The Morgan fingerprint density at radius 3 is 2.72 bits per heavy atom. The average Bonchev–Trinajstić information content (AvgIpc) is 2.71. The molecule has 0 unspecified atom stereocenters. The Morgan fingerprint density at radius 2 is 2.11 bits per heavy atom. The number of ether oxygens (including phenoxy) is 1. The van der Waals surface area contributed by atoms with Crippen LogP contribution >= 0.6 is 27.5 Å². The first-order valence-corrected chi connectivity index (χ1v) is 6.33. The summed E-state index contributed by atoms with van der Waals surface area (Å²) in [5.74, 6) is -0.364. The maximum atomic E-state index is 11.2. The summed E-state index contributed by atoms with van der Waals surface area (Å²) >= 11 is 9.42. The molecule has 18 heavy (non-hydrogen) atoms. The summed E-state index contributed by atoms with van der Waals surface area (Å²) in [7, 11) is 1.34. The van der Waals surface area contributed by atoms with Crippen molar-refractivity contribution in [2.24, 2.45) is 0 Å². The molecule has 6 heteroatoms. The predicted octanol–water partition coefficient (Wildman–Crippen LogP) is 3.14. The zero-order valence-electron chi connectivity index (χ0n) is 9.56. The van der Waals surface area contributed by atoms with Gasteiger partial charge in [0.15, 0.2) is 5.15 Å². The number of hydrogen-bond acceptors (Lipinski definition) is 3. The summed E-state index contributed by atoms with van der Waals surface area (Å²) in [6.45, 7) is 0.0484. The Kier molecular flexibility index (Phi) is 4.04. The summed E-state index contributed by atoms with van der Waals surface area (Å²) in [6, 6.07) is 7.69. The van der Waals surface area contributed by atoms with Crippen LogP contribution in [0.5, 0.6) is 0 Å². The van der Waals surface area contributed by atoms with Gasteiger partial charge < -0.3 is 4.74 Å². The fraction of sp³-hybridized carbons (Fsp3) is 0.167. The zero-order valence-corrected chi connectivity index (χ0v) is 11.9. The Morgan fingerprint density at radius 1 is 1.44 bits per heavy atom. The lowest BCUT2D eigenvalue weighted by Crippen LogP contribution is -2.11. The molecule has 0 saturated carbocycles. The van der Waals surface area contributed by atoms with Crippen LogP contribution in [0.3, 0.4) is 0 Å². The highest BCUT2D eigenvalue weighted by Gasteiger charge is 2.11. The van der Waals surface area contributed by atoms with Crippen LogP contribution in [0, 0.1) is 0 Å². The predicted molar refractivity (Wildman–Crippen MR) is 72.4 cm³/mol. The molecule has 0 atom stereocenters. The third kappa shape index (κ3) is 2.91. The molecule has 0 amide bonds. The SMILES string of the molecule is COC(=O)Cn1cc(-c2ccc(Br)cc2)c(Cl)n1. The highest BCUT2D eigenvalue weighted by Crippen LogP contribution is 2.27. The molecule has 0 aliphatic heterocycles. The summed E-state index contributed by atoms with van der Waals surface area (Å²) < 4.78 is 7.03. The maximum absolute atomic E-state index is 11.2. The molecule has 94 valence electrons. The van der Waals surface area contributed by atoms with Gasteiger partial charge in [0, 0.05) is 16.2 Å². The highest BCUT2D eigenvalue weighted by molar-refractivity contribution is 9.10. The number of carbonyl (C=O) groups is 1. The molecule has 1 heterocycles. The van der Waals surface area contributed by atoms with Crippen molar-refractivity contribution in [1.29, 1.82) is 0 Å². The fourth-order valence-corrected chi connectivity index (χ4v) is 2.02. The first-order chi connectivity index (χ1) is 8.60. The van der Waals surface area contributed by atoms with Crippen LogP contribution in [-0.4, -0.2) is 22.9 Å². The van der Waals surface area contributed by atoms with Crippen molar-refractivity contribution in [2.75, 3.05) is 7.11 Å². The highest BCUT2D eigenvalue weighted by atomic mass is 79.9. The monoisotopic (exact) mass is 328 g/mol. The van der Waals surface area contributed by atoms with Gasteiger partial charge >= 0.3 is 5.97 Å². The van der Waals surface area contributed by atoms with Crippen molar-refractivity contribution < 1.29 is 9.53 Å². The molecule has 0 aliphatic carbocycles. The van der Waals surface area contributed by atoms with Gasteiger partial charge in [0.2, 0.25) is 0 Å². The van der Waals surface area contributed by atoms with Gasteiger partial charge in [0.05, 0.1) is 7.11 Å². The molecule has 0 saturated heterocycles. The number of benzene rings is 1. The maximum Gasteiger partial charge on any atom is 0.327 e. The lowest BCUT2D eigenvalue weighted by atomic mass is 10.1. The molecule has 0 aliphatic rings. The van der Waals surface area contributed by atoms with Crippen LogP contribution in [0.1, 0.15) is 0 Å². The molecular formula is C12H10BrClN2O2. The van der Waals surface area contributed by atoms with Crippen LogP contribution in [-0.2, 0) is 16.1 Å². The van der Waals surface area contributed by atoms with E-state index in [9.17, 15) is 4.79 Å². The van der Waals surface area contributed by atoms with E-state index in [2.05, 4.69) is 25.8 Å². The lowest BCUT2D eigenvalue weighted by Gasteiger charge is -1.99. The Balaban J connectivity index is 2.29. The van der Waals surface area contributed by atoms with E-state index in [1.165, 1.54) is 11.8 Å². The van der Waals surface area contributed by atoms with Gasteiger partial charge in [-0.05, 0) is 17.7 Å². The summed E-state index contributed by atoms with van der Waals surface area (Å²) in [5.41, 5.74) is 1.73. The van der Waals surface area contributed by atoms with Gasteiger partial charge in [-0.1, -0.05) is 39.7 Å². The Labute approximate surface area is 118 Å². The number of esters is 1. The van der Waals surface area contributed by atoms with E-state index in [-0.39, 0.29) is 12.5 Å². The largest absolute Gasteiger partial charge is 0.468 e. The first kappa shape index (κ1) is 13.1. The Hall–Kier alpha value is -1.33. The van der Waals surface area contributed by atoms with Crippen molar-refractivity contribution in [3.63, 3.8) is 0 Å². The fourth-order valence-electron chi connectivity index (χ4n) is 1.50. The molecule has 2 aromatic rings. The number of aromatic nitrogens is 2. The second-order valence-electron chi connectivity index (χ2n) is 3.61. The van der Waals surface area contributed by atoms with Crippen LogP contribution < -0.4 is 0 Å². The van der Waals surface area contributed by atoms with E-state index in [0.717, 1.165) is 15.6 Å². The van der Waals surface area contributed by atoms with Gasteiger partial charge in [-0.2, -0.15) is 5.10 Å². The second-order valence-corrected chi connectivity index (χ2v) is 4.89. The average molecular weight is 330 g/mol. The third-order valence-electron chi connectivity index (χ3n) is 2.39. The molecule has 1 aromatic carbocycles.